The van der Waals surface area contributed by atoms with E-state index in [1.807, 2.05) is 23.1 Å². The van der Waals surface area contributed by atoms with Crippen LogP contribution < -0.4 is 10.6 Å². The minimum atomic E-state index is 0. The van der Waals surface area contributed by atoms with Gasteiger partial charge in [-0.15, -0.1) is 35.3 Å². The van der Waals surface area contributed by atoms with E-state index in [1.54, 1.807) is 0 Å². The van der Waals surface area contributed by atoms with Crippen molar-refractivity contribution >= 4 is 53.0 Å². The lowest BCUT2D eigenvalue weighted by Crippen LogP contribution is -2.43. The summed E-state index contributed by atoms with van der Waals surface area (Å²) in [5.41, 5.74) is 0. The van der Waals surface area contributed by atoms with Crippen LogP contribution in [0.1, 0.15) is 30.5 Å². The molecule has 6 heteroatoms. The molecule has 122 valence electrons. The molecule has 1 aromatic heterocycles. The molecule has 1 heterocycles. The van der Waals surface area contributed by atoms with Crippen LogP contribution in [-0.4, -0.2) is 36.6 Å². The van der Waals surface area contributed by atoms with Crippen LogP contribution in [0.4, 0.5) is 0 Å². The molecule has 0 saturated carbocycles. The molecule has 0 aliphatic heterocycles. The van der Waals surface area contributed by atoms with E-state index < -0.39 is 0 Å². The second-order valence-electron chi connectivity index (χ2n) is 5.03. The quantitative estimate of drug-likeness (QED) is 0.383. The number of guanidine groups is 1. The number of thiophene rings is 1. The molecular weight excluding hydrogens is 413 g/mol. The number of aliphatic imine (C=N–C) groups is 1. The molecule has 0 radical (unpaired) electrons. The number of thioether (sulfide) groups is 1. The summed E-state index contributed by atoms with van der Waals surface area (Å²) in [5.74, 6) is 0.925. The van der Waals surface area contributed by atoms with Gasteiger partial charge < -0.3 is 10.6 Å². The number of nitrogens with zero attached hydrogens (tertiary/aromatic N) is 1. The third-order valence-electron chi connectivity index (χ3n) is 2.94. The standard InChI is InChI=1S/C15H27N3S2.HI/c1-6-16-15(17-10-13(4)19-5)18-11(2)9-14-8-7-12(3)20-14;/h7-8,11,13H,6,9-10H2,1-5H3,(H2,16,17,18);1H. The first-order chi connectivity index (χ1) is 9.55. The van der Waals surface area contributed by atoms with Crippen LogP contribution in [0.3, 0.4) is 0 Å². The van der Waals surface area contributed by atoms with Crippen molar-refractivity contribution in [2.45, 2.75) is 45.4 Å². The van der Waals surface area contributed by atoms with E-state index in [0.717, 1.165) is 25.5 Å². The molecule has 0 fully saturated rings. The van der Waals surface area contributed by atoms with Gasteiger partial charge in [0.2, 0.25) is 0 Å². The molecule has 0 aliphatic rings. The first kappa shape index (κ1) is 21.0. The minimum absolute atomic E-state index is 0. The molecule has 0 bridgehead atoms. The summed E-state index contributed by atoms with van der Waals surface area (Å²) in [4.78, 5) is 7.45. The number of aryl methyl sites for hydroxylation is 1. The summed E-state index contributed by atoms with van der Waals surface area (Å²) in [7, 11) is 0. The van der Waals surface area contributed by atoms with E-state index >= 15 is 0 Å². The van der Waals surface area contributed by atoms with Crippen molar-refractivity contribution in [3.63, 3.8) is 0 Å². The van der Waals surface area contributed by atoms with Gasteiger partial charge in [0.25, 0.3) is 0 Å². The smallest absolute Gasteiger partial charge is 0.191 e. The van der Waals surface area contributed by atoms with Gasteiger partial charge in [-0.05, 0) is 39.2 Å². The highest BCUT2D eigenvalue weighted by atomic mass is 127. The van der Waals surface area contributed by atoms with Crippen molar-refractivity contribution < 1.29 is 0 Å². The zero-order chi connectivity index (χ0) is 15.0. The first-order valence-electron chi connectivity index (χ1n) is 7.18. The molecule has 0 aliphatic carbocycles. The largest absolute Gasteiger partial charge is 0.357 e. The second-order valence-corrected chi connectivity index (χ2v) is 7.68. The van der Waals surface area contributed by atoms with Gasteiger partial charge in [0.15, 0.2) is 5.96 Å². The van der Waals surface area contributed by atoms with Crippen LogP contribution in [-0.2, 0) is 6.42 Å². The highest BCUT2D eigenvalue weighted by molar-refractivity contribution is 14.0. The summed E-state index contributed by atoms with van der Waals surface area (Å²) in [6.45, 7) is 10.4. The second kappa shape index (κ2) is 11.6. The molecule has 0 amide bonds. The van der Waals surface area contributed by atoms with Crippen molar-refractivity contribution in [3.05, 3.63) is 21.9 Å². The molecule has 1 aromatic rings. The van der Waals surface area contributed by atoms with Crippen molar-refractivity contribution in [3.8, 4) is 0 Å². The topological polar surface area (TPSA) is 36.4 Å². The fourth-order valence-corrected chi connectivity index (χ4v) is 3.04. The maximum atomic E-state index is 4.65. The third kappa shape index (κ3) is 8.93. The number of halogens is 1. The molecule has 21 heavy (non-hydrogen) atoms. The van der Waals surface area contributed by atoms with Crippen LogP contribution in [0.2, 0.25) is 0 Å². The van der Waals surface area contributed by atoms with Gasteiger partial charge in [-0.25, -0.2) is 0 Å². The lowest BCUT2D eigenvalue weighted by molar-refractivity contribution is 0.645. The molecular formula is C15H28IN3S2. The monoisotopic (exact) mass is 441 g/mol. The lowest BCUT2D eigenvalue weighted by atomic mass is 10.2. The van der Waals surface area contributed by atoms with E-state index in [2.05, 4.69) is 61.7 Å². The maximum absolute atomic E-state index is 4.65. The van der Waals surface area contributed by atoms with Crippen LogP contribution in [0.15, 0.2) is 17.1 Å². The first-order valence-corrected chi connectivity index (χ1v) is 9.28. The fraction of sp³-hybridized carbons (Fsp3) is 0.667. The normalized spacial score (nSPS) is 14.2. The SMILES string of the molecule is CCNC(=NCC(C)SC)NC(C)Cc1ccc(C)s1.I. The zero-order valence-electron chi connectivity index (χ0n) is 13.6. The van der Waals surface area contributed by atoms with Crippen LogP contribution >= 0.6 is 47.1 Å². The Labute approximate surface area is 154 Å². The van der Waals surface area contributed by atoms with E-state index in [-0.39, 0.29) is 24.0 Å². The number of hydrogen-bond donors (Lipinski definition) is 2. The Morgan fingerprint density at radius 2 is 2.10 bits per heavy atom. The van der Waals surface area contributed by atoms with Gasteiger partial charge in [-0.1, -0.05) is 6.92 Å². The van der Waals surface area contributed by atoms with Crippen LogP contribution in [0, 0.1) is 6.92 Å². The van der Waals surface area contributed by atoms with Crippen molar-refractivity contribution in [1.29, 1.82) is 0 Å². The maximum Gasteiger partial charge on any atom is 0.191 e. The fourth-order valence-electron chi connectivity index (χ4n) is 1.80. The Bertz CT molecular complexity index is 421. The Morgan fingerprint density at radius 3 is 2.62 bits per heavy atom. The highest BCUT2D eigenvalue weighted by Gasteiger charge is 2.08. The third-order valence-corrected chi connectivity index (χ3v) is 4.92. The number of rotatable bonds is 7. The van der Waals surface area contributed by atoms with Crippen molar-refractivity contribution in [2.75, 3.05) is 19.3 Å². The average Bonchev–Trinajstić information content (AvgIpc) is 2.81. The molecule has 0 aromatic carbocycles. The van der Waals surface area contributed by atoms with Crippen molar-refractivity contribution in [1.82, 2.24) is 10.6 Å². The predicted molar refractivity (Wildman–Crippen MR) is 110 cm³/mol. The molecule has 2 unspecified atom stereocenters. The molecule has 3 nitrogen and oxygen atoms in total. The molecule has 1 rings (SSSR count). The minimum Gasteiger partial charge on any atom is -0.357 e. The Hall–Kier alpha value is 0.0500. The van der Waals surface area contributed by atoms with Gasteiger partial charge in [0.1, 0.15) is 0 Å². The highest BCUT2D eigenvalue weighted by Crippen LogP contribution is 2.16. The van der Waals surface area contributed by atoms with Gasteiger partial charge in [0.05, 0.1) is 6.54 Å². The Balaban J connectivity index is 0.00000400. The van der Waals surface area contributed by atoms with E-state index in [9.17, 15) is 0 Å². The molecule has 0 spiro atoms. The van der Waals surface area contributed by atoms with Gasteiger partial charge >= 0.3 is 0 Å². The number of nitrogens with one attached hydrogen (secondary N) is 2. The van der Waals surface area contributed by atoms with E-state index in [4.69, 9.17) is 0 Å². The zero-order valence-corrected chi connectivity index (χ0v) is 17.6. The van der Waals surface area contributed by atoms with Crippen LogP contribution in [0.5, 0.6) is 0 Å². The summed E-state index contributed by atoms with van der Waals surface area (Å²) in [6, 6.07) is 4.79. The number of hydrogen-bond acceptors (Lipinski definition) is 3. The van der Waals surface area contributed by atoms with Gasteiger partial charge in [-0.2, -0.15) is 11.8 Å². The summed E-state index contributed by atoms with van der Waals surface area (Å²) < 4.78 is 0. The average molecular weight is 441 g/mol. The van der Waals surface area contributed by atoms with Gasteiger partial charge in [0, 0.05) is 34.0 Å². The Kier molecular flexibility index (Phi) is 11.6. The lowest BCUT2D eigenvalue weighted by Gasteiger charge is -2.18. The molecule has 2 N–H and O–H groups in total. The van der Waals surface area contributed by atoms with Crippen LogP contribution in [0.25, 0.3) is 0 Å². The summed E-state index contributed by atoms with van der Waals surface area (Å²) in [6.07, 6.45) is 3.17. The van der Waals surface area contributed by atoms with Crippen molar-refractivity contribution in [2.24, 2.45) is 4.99 Å². The predicted octanol–water partition coefficient (Wildman–Crippen LogP) is 3.91. The summed E-state index contributed by atoms with van der Waals surface area (Å²) in [5, 5.41) is 7.36. The molecule has 0 saturated heterocycles. The van der Waals surface area contributed by atoms with E-state index in [1.165, 1.54) is 9.75 Å². The summed E-state index contributed by atoms with van der Waals surface area (Å²) >= 11 is 3.72. The van der Waals surface area contributed by atoms with E-state index in [0.29, 0.717) is 11.3 Å². The van der Waals surface area contributed by atoms with Gasteiger partial charge in [-0.3, -0.25) is 4.99 Å². The molecule has 2 atom stereocenters. The Morgan fingerprint density at radius 1 is 1.38 bits per heavy atom.